The fourth-order valence-electron chi connectivity index (χ4n) is 5.79. The number of carbonyl (C=O) groups is 2. The van der Waals surface area contributed by atoms with Crippen LogP contribution in [0.3, 0.4) is 0 Å². The Kier molecular flexibility index (Phi) is 27.4. The van der Waals surface area contributed by atoms with Gasteiger partial charge in [-0.05, 0) is 19.9 Å². The summed E-state index contributed by atoms with van der Waals surface area (Å²) in [7, 11) is 2.14. The molecule has 0 bridgehead atoms. The maximum Gasteiger partial charge on any atom is 0.307 e. The Morgan fingerprint density at radius 1 is 0.512 bits per heavy atom. The lowest BCUT2D eigenvalue weighted by Gasteiger charge is -2.40. The van der Waals surface area contributed by atoms with E-state index in [1.807, 2.05) is 0 Å². The van der Waals surface area contributed by atoms with Crippen molar-refractivity contribution in [3.8, 4) is 0 Å². The van der Waals surface area contributed by atoms with Crippen molar-refractivity contribution in [2.24, 2.45) is 0 Å². The van der Waals surface area contributed by atoms with Crippen LogP contribution in [-0.2, 0) is 19.1 Å². The van der Waals surface area contributed by atoms with Gasteiger partial charge in [-0.2, -0.15) is 0 Å². The zero-order valence-corrected chi connectivity index (χ0v) is 28.9. The molecule has 1 aliphatic heterocycles. The van der Waals surface area contributed by atoms with E-state index in [-0.39, 0.29) is 11.9 Å². The maximum atomic E-state index is 12.5. The molecule has 43 heavy (non-hydrogen) atoms. The Morgan fingerprint density at radius 2 is 0.837 bits per heavy atom. The van der Waals surface area contributed by atoms with E-state index in [4.69, 9.17) is 9.47 Å². The summed E-state index contributed by atoms with van der Waals surface area (Å²) in [6.07, 6.45) is 27.6. The number of nitrogens with zero attached hydrogens (tertiary/aromatic N) is 3. The highest BCUT2D eigenvalue weighted by atomic mass is 16.5. The van der Waals surface area contributed by atoms with Gasteiger partial charge in [-0.25, -0.2) is 10.0 Å². The van der Waals surface area contributed by atoms with Crippen molar-refractivity contribution >= 4 is 11.9 Å². The van der Waals surface area contributed by atoms with Gasteiger partial charge in [0.2, 0.25) is 0 Å². The van der Waals surface area contributed by atoms with Crippen molar-refractivity contribution in [3.05, 3.63) is 0 Å². The second kappa shape index (κ2) is 29.5. The fourth-order valence-corrected chi connectivity index (χ4v) is 5.79. The van der Waals surface area contributed by atoms with E-state index in [9.17, 15) is 9.59 Å². The number of carbonyl (C=O) groups excluding carboxylic acids is 2. The highest BCUT2D eigenvalue weighted by Gasteiger charge is 2.22. The number of hydrogen-bond donors (Lipinski definition) is 0. The lowest BCUT2D eigenvalue weighted by molar-refractivity contribution is -0.147. The summed E-state index contributed by atoms with van der Waals surface area (Å²) in [5, 5.41) is 4.48. The highest BCUT2D eigenvalue weighted by Crippen LogP contribution is 2.13. The molecule has 1 saturated heterocycles. The normalized spacial score (nSPS) is 14.4. The molecular weight excluding hydrogens is 538 g/mol. The van der Waals surface area contributed by atoms with Gasteiger partial charge in [0.15, 0.2) is 0 Å². The van der Waals surface area contributed by atoms with Crippen LogP contribution in [0.2, 0.25) is 0 Å². The van der Waals surface area contributed by atoms with Gasteiger partial charge in [0.25, 0.3) is 0 Å². The van der Waals surface area contributed by atoms with Gasteiger partial charge >= 0.3 is 11.9 Å². The molecule has 0 aliphatic carbocycles. The zero-order chi connectivity index (χ0) is 31.2. The van der Waals surface area contributed by atoms with Gasteiger partial charge in [-0.3, -0.25) is 9.59 Å². The minimum absolute atomic E-state index is 0.130. The van der Waals surface area contributed by atoms with Crippen LogP contribution >= 0.6 is 0 Å². The third-order valence-electron chi connectivity index (χ3n) is 8.80. The number of ether oxygens (including phenoxy) is 2. The summed E-state index contributed by atoms with van der Waals surface area (Å²) in [6.45, 7) is 10.6. The summed E-state index contributed by atoms with van der Waals surface area (Å²) in [6, 6.07) is 0. The van der Waals surface area contributed by atoms with Crippen LogP contribution in [-0.4, -0.2) is 86.4 Å². The molecule has 0 amide bonds. The molecule has 7 heteroatoms. The third kappa shape index (κ3) is 24.8. The number of rotatable bonds is 30. The molecule has 0 unspecified atom stereocenters. The Hall–Kier alpha value is -1.18. The average Bonchev–Trinajstić information content (AvgIpc) is 3.01. The number of likely N-dealkylation sites (N-methyl/N-ethyl adjacent to an activating group) is 1. The van der Waals surface area contributed by atoms with E-state index < -0.39 is 0 Å². The smallest absolute Gasteiger partial charge is 0.307 e. The molecule has 1 rings (SSSR count). The van der Waals surface area contributed by atoms with Crippen molar-refractivity contribution < 1.29 is 19.1 Å². The molecule has 254 valence electrons. The van der Waals surface area contributed by atoms with Crippen LogP contribution < -0.4 is 0 Å². The summed E-state index contributed by atoms with van der Waals surface area (Å²) >= 11 is 0. The van der Waals surface area contributed by atoms with Crippen molar-refractivity contribution in [3.63, 3.8) is 0 Å². The second-order valence-corrected chi connectivity index (χ2v) is 12.9. The Bertz CT molecular complexity index is 640. The van der Waals surface area contributed by atoms with E-state index in [0.717, 1.165) is 51.9 Å². The average molecular weight is 610 g/mol. The fraction of sp³-hybridized carbons (Fsp3) is 0.944. The highest BCUT2D eigenvalue weighted by molar-refractivity contribution is 5.70. The monoisotopic (exact) mass is 610 g/mol. The number of hydrazine groups is 1. The molecule has 0 saturated carbocycles. The Morgan fingerprint density at radius 3 is 1.19 bits per heavy atom. The molecule has 0 aromatic rings. The molecule has 0 radical (unpaired) electrons. The first-order valence-electron chi connectivity index (χ1n) is 18.6. The molecule has 0 atom stereocenters. The number of piperazine rings is 1. The van der Waals surface area contributed by atoms with Crippen molar-refractivity contribution in [2.75, 3.05) is 59.5 Å². The molecule has 0 spiro atoms. The van der Waals surface area contributed by atoms with E-state index in [1.165, 1.54) is 109 Å². The molecule has 1 aliphatic rings. The van der Waals surface area contributed by atoms with Gasteiger partial charge in [-0.15, -0.1) is 0 Å². The minimum atomic E-state index is -0.130. The Labute approximate surface area is 266 Å². The standard InChI is InChI=1S/C36H71N3O4/c1-4-6-8-10-12-14-16-18-20-22-24-34-43-36(41)26-28-38(39-31-29-37(3)30-32-39)27-25-35(40)42-33-23-21-19-17-15-13-11-9-7-5-2/h4-34H2,1-3H3. The van der Waals surface area contributed by atoms with Gasteiger partial charge in [-0.1, -0.05) is 136 Å². The maximum absolute atomic E-state index is 12.5. The van der Waals surface area contributed by atoms with Crippen LogP contribution in [0.5, 0.6) is 0 Å². The number of hydrogen-bond acceptors (Lipinski definition) is 7. The third-order valence-corrected chi connectivity index (χ3v) is 8.80. The van der Waals surface area contributed by atoms with Crippen LogP contribution in [0.4, 0.5) is 0 Å². The van der Waals surface area contributed by atoms with Gasteiger partial charge in [0.05, 0.1) is 26.1 Å². The van der Waals surface area contributed by atoms with Crippen LogP contribution in [0.15, 0.2) is 0 Å². The van der Waals surface area contributed by atoms with Crippen molar-refractivity contribution in [2.45, 2.75) is 162 Å². The van der Waals surface area contributed by atoms with E-state index in [2.05, 4.69) is 35.8 Å². The van der Waals surface area contributed by atoms with Crippen LogP contribution in [0.25, 0.3) is 0 Å². The van der Waals surface area contributed by atoms with E-state index in [0.29, 0.717) is 39.1 Å². The molecule has 7 nitrogen and oxygen atoms in total. The van der Waals surface area contributed by atoms with E-state index >= 15 is 0 Å². The van der Waals surface area contributed by atoms with Crippen molar-refractivity contribution in [1.82, 2.24) is 14.9 Å². The predicted octanol–water partition coefficient (Wildman–Crippen LogP) is 8.55. The minimum Gasteiger partial charge on any atom is -0.466 e. The van der Waals surface area contributed by atoms with Gasteiger partial charge in [0.1, 0.15) is 0 Å². The number of unbranched alkanes of at least 4 members (excludes halogenated alkanes) is 19. The molecule has 0 N–H and O–H groups in total. The topological polar surface area (TPSA) is 62.3 Å². The van der Waals surface area contributed by atoms with Crippen molar-refractivity contribution in [1.29, 1.82) is 0 Å². The molecule has 1 fully saturated rings. The first-order chi connectivity index (χ1) is 21.1. The molecule has 0 aromatic heterocycles. The number of esters is 2. The quantitative estimate of drug-likeness (QED) is 0.0597. The first kappa shape index (κ1) is 39.8. The summed E-state index contributed by atoms with van der Waals surface area (Å²) in [4.78, 5) is 27.2. The first-order valence-corrected chi connectivity index (χ1v) is 18.6. The lowest BCUT2D eigenvalue weighted by atomic mass is 10.1. The summed E-state index contributed by atoms with van der Waals surface area (Å²) in [5.41, 5.74) is 0. The summed E-state index contributed by atoms with van der Waals surface area (Å²) in [5.74, 6) is -0.260. The predicted molar refractivity (Wildman–Crippen MR) is 180 cm³/mol. The molecule has 1 heterocycles. The Balaban J connectivity index is 2.15. The SMILES string of the molecule is CCCCCCCCCCCCCOC(=O)CCN(CCC(=O)OCCCCCCCCCCCC)N1CCN(C)CC1. The lowest BCUT2D eigenvalue weighted by Crippen LogP contribution is -2.53. The summed E-state index contributed by atoms with van der Waals surface area (Å²) < 4.78 is 11.1. The van der Waals surface area contributed by atoms with Gasteiger partial charge < -0.3 is 14.4 Å². The van der Waals surface area contributed by atoms with E-state index in [1.54, 1.807) is 0 Å². The van der Waals surface area contributed by atoms with Crippen LogP contribution in [0.1, 0.15) is 162 Å². The second-order valence-electron chi connectivity index (χ2n) is 12.9. The van der Waals surface area contributed by atoms with Gasteiger partial charge in [0, 0.05) is 39.3 Å². The largest absolute Gasteiger partial charge is 0.466 e. The molecule has 0 aromatic carbocycles. The molecular formula is C36H71N3O4. The van der Waals surface area contributed by atoms with Crippen LogP contribution in [0, 0.1) is 0 Å². The zero-order valence-electron chi connectivity index (χ0n) is 28.9.